The molecule has 0 radical (unpaired) electrons. The SMILES string of the molecule is Cc1ccc(/C=N/NC(=O)c2nn(Cc3ccc([N+](=O)[O-])cc3)cc2Br)cc1. The summed E-state index contributed by atoms with van der Waals surface area (Å²) >= 11 is 3.32. The minimum absolute atomic E-state index is 0.0249. The first-order valence-electron chi connectivity index (χ1n) is 8.29. The fourth-order valence-corrected chi connectivity index (χ4v) is 2.91. The van der Waals surface area contributed by atoms with E-state index in [-0.39, 0.29) is 11.4 Å². The van der Waals surface area contributed by atoms with Crippen molar-refractivity contribution in [3.8, 4) is 0 Å². The van der Waals surface area contributed by atoms with E-state index >= 15 is 0 Å². The molecule has 3 rings (SSSR count). The molecule has 0 bridgehead atoms. The zero-order valence-corrected chi connectivity index (χ0v) is 16.5. The van der Waals surface area contributed by atoms with E-state index in [2.05, 4.69) is 31.6 Å². The summed E-state index contributed by atoms with van der Waals surface area (Å²) in [4.78, 5) is 22.6. The van der Waals surface area contributed by atoms with Gasteiger partial charge >= 0.3 is 0 Å². The number of hydrazone groups is 1. The zero-order valence-electron chi connectivity index (χ0n) is 14.9. The number of nitro benzene ring substituents is 1. The summed E-state index contributed by atoms with van der Waals surface area (Å²) in [6.45, 7) is 2.36. The third-order valence-electron chi connectivity index (χ3n) is 3.88. The van der Waals surface area contributed by atoms with Gasteiger partial charge in [-0.25, -0.2) is 5.43 Å². The summed E-state index contributed by atoms with van der Waals surface area (Å²) in [6.07, 6.45) is 3.22. The molecule has 0 aliphatic heterocycles. The third kappa shape index (κ3) is 4.89. The Morgan fingerprint density at radius 3 is 2.57 bits per heavy atom. The second-order valence-electron chi connectivity index (χ2n) is 6.06. The Kier molecular flexibility index (Phi) is 5.95. The lowest BCUT2D eigenvalue weighted by molar-refractivity contribution is -0.384. The molecule has 142 valence electrons. The summed E-state index contributed by atoms with van der Waals surface area (Å²) in [5.74, 6) is -0.447. The molecule has 8 nitrogen and oxygen atoms in total. The summed E-state index contributed by atoms with van der Waals surface area (Å²) in [7, 11) is 0. The van der Waals surface area contributed by atoms with Crippen LogP contribution >= 0.6 is 15.9 Å². The van der Waals surface area contributed by atoms with Gasteiger partial charge in [0.05, 0.1) is 22.2 Å². The molecule has 1 heterocycles. The van der Waals surface area contributed by atoms with E-state index in [1.54, 1.807) is 29.2 Å². The molecule has 3 aromatic rings. The maximum atomic E-state index is 12.3. The highest BCUT2D eigenvalue weighted by molar-refractivity contribution is 9.10. The summed E-state index contributed by atoms with van der Waals surface area (Å²) in [5.41, 5.74) is 5.51. The highest BCUT2D eigenvalue weighted by atomic mass is 79.9. The Labute approximate surface area is 169 Å². The first-order valence-corrected chi connectivity index (χ1v) is 9.08. The van der Waals surface area contributed by atoms with Crippen molar-refractivity contribution in [1.82, 2.24) is 15.2 Å². The third-order valence-corrected chi connectivity index (χ3v) is 4.46. The van der Waals surface area contributed by atoms with Gasteiger partial charge in [-0.3, -0.25) is 19.6 Å². The number of nitrogens with zero attached hydrogens (tertiary/aromatic N) is 4. The van der Waals surface area contributed by atoms with E-state index < -0.39 is 10.8 Å². The van der Waals surface area contributed by atoms with E-state index in [0.717, 1.165) is 16.7 Å². The van der Waals surface area contributed by atoms with Gasteiger partial charge in [-0.2, -0.15) is 10.2 Å². The number of nitro groups is 1. The molecule has 0 aliphatic carbocycles. The van der Waals surface area contributed by atoms with Crippen molar-refractivity contribution in [3.05, 3.63) is 91.7 Å². The minimum Gasteiger partial charge on any atom is -0.266 e. The summed E-state index contributed by atoms with van der Waals surface area (Å²) in [6, 6.07) is 13.9. The number of nitrogens with one attached hydrogen (secondary N) is 1. The van der Waals surface area contributed by atoms with Crippen molar-refractivity contribution in [3.63, 3.8) is 0 Å². The van der Waals surface area contributed by atoms with Gasteiger partial charge in [-0.1, -0.05) is 42.0 Å². The lowest BCUT2D eigenvalue weighted by Crippen LogP contribution is -2.19. The molecule has 2 aromatic carbocycles. The van der Waals surface area contributed by atoms with Crippen LogP contribution in [0.5, 0.6) is 0 Å². The number of non-ortho nitro benzene ring substituents is 1. The van der Waals surface area contributed by atoms with E-state index in [9.17, 15) is 14.9 Å². The predicted molar refractivity (Wildman–Crippen MR) is 108 cm³/mol. The van der Waals surface area contributed by atoms with Gasteiger partial charge in [0.2, 0.25) is 0 Å². The molecule has 1 aromatic heterocycles. The van der Waals surface area contributed by atoms with Gasteiger partial charge in [0.25, 0.3) is 11.6 Å². The van der Waals surface area contributed by atoms with Gasteiger partial charge < -0.3 is 0 Å². The number of rotatable bonds is 6. The monoisotopic (exact) mass is 441 g/mol. The molecule has 1 N–H and O–H groups in total. The summed E-state index contributed by atoms with van der Waals surface area (Å²) < 4.78 is 2.10. The number of benzene rings is 2. The van der Waals surface area contributed by atoms with Crippen LogP contribution in [0, 0.1) is 17.0 Å². The van der Waals surface area contributed by atoms with Gasteiger partial charge in [0.1, 0.15) is 0 Å². The van der Waals surface area contributed by atoms with Gasteiger partial charge in [0, 0.05) is 18.3 Å². The summed E-state index contributed by atoms with van der Waals surface area (Å²) in [5, 5.41) is 18.9. The van der Waals surface area contributed by atoms with Crippen LogP contribution in [0.2, 0.25) is 0 Å². The Balaban J connectivity index is 1.64. The molecule has 0 fully saturated rings. The second-order valence-corrected chi connectivity index (χ2v) is 6.91. The number of halogens is 1. The zero-order chi connectivity index (χ0) is 20.1. The average molecular weight is 442 g/mol. The van der Waals surface area contributed by atoms with Crippen LogP contribution < -0.4 is 5.43 Å². The molecule has 0 atom stereocenters. The molecule has 0 saturated heterocycles. The van der Waals surface area contributed by atoms with Crippen LogP contribution in [-0.4, -0.2) is 26.8 Å². The van der Waals surface area contributed by atoms with E-state index in [0.29, 0.717) is 11.0 Å². The van der Waals surface area contributed by atoms with Crippen molar-refractivity contribution >= 4 is 33.7 Å². The standard InChI is InChI=1S/C19H16BrN5O3/c1-13-2-4-14(5-3-13)10-21-22-19(26)18-17(20)12-24(23-18)11-15-6-8-16(9-7-15)25(27)28/h2-10,12H,11H2,1H3,(H,22,26)/b21-10+. The first-order chi connectivity index (χ1) is 13.4. The largest absolute Gasteiger partial charge is 0.293 e. The highest BCUT2D eigenvalue weighted by Gasteiger charge is 2.15. The maximum Gasteiger partial charge on any atom is 0.293 e. The molecule has 28 heavy (non-hydrogen) atoms. The lowest BCUT2D eigenvalue weighted by atomic mass is 10.2. The molecule has 9 heteroatoms. The van der Waals surface area contributed by atoms with Crippen LogP contribution in [-0.2, 0) is 6.54 Å². The van der Waals surface area contributed by atoms with Crippen molar-refractivity contribution in [2.45, 2.75) is 13.5 Å². The minimum atomic E-state index is -0.451. The van der Waals surface area contributed by atoms with Crippen LogP contribution in [0.15, 0.2) is 64.3 Å². The van der Waals surface area contributed by atoms with E-state index in [1.165, 1.54) is 12.1 Å². The number of carbonyl (C=O) groups is 1. The first kappa shape index (κ1) is 19.4. The fourth-order valence-electron chi connectivity index (χ4n) is 2.41. The highest BCUT2D eigenvalue weighted by Crippen LogP contribution is 2.17. The topological polar surface area (TPSA) is 102 Å². The molecule has 0 saturated carbocycles. The molecular formula is C19H16BrN5O3. The van der Waals surface area contributed by atoms with Crippen molar-refractivity contribution < 1.29 is 9.72 Å². The smallest absolute Gasteiger partial charge is 0.266 e. The van der Waals surface area contributed by atoms with E-state index in [1.807, 2.05) is 31.2 Å². The lowest BCUT2D eigenvalue weighted by Gasteiger charge is -2.01. The number of aromatic nitrogens is 2. The second kappa shape index (κ2) is 8.57. The number of aryl methyl sites for hydroxylation is 1. The Hall–Kier alpha value is -3.33. The van der Waals surface area contributed by atoms with Gasteiger partial charge in [-0.15, -0.1) is 0 Å². The van der Waals surface area contributed by atoms with Gasteiger partial charge in [-0.05, 0) is 34.0 Å². The number of carbonyl (C=O) groups excluding carboxylic acids is 1. The van der Waals surface area contributed by atoms with Crippen molar-refractivity contribution in [2.24, 2.45) is 5.10 Å². The van der Waals surface area contributed by atoms with Crippen LogP contribution in [0.25, 0.3) is 0 Å². The van der Waals surface area contributed by atoms with E-state index in [4.69, 9.17) is 0 Å². The maximum absolute atomic E-state index is 12.3. The Morgan fingerprint density at radius 2 is 1.93 bits per heavy atom. The average Bonchev–Trinajstić information content (AvgIpc) is 3.04. The van der Waals surface area contributed by atoms with Crippen molar-refractivity contribution in [2.75, 3.05) is 0 Å². The van der Waals surface area contributed by atoms with Crippen LogP contribution in [0.4, 0.5) is 5.69 Å². The number of hydrogen-bond acceptors (Lipinski definition) is 5. The molecule has 0 spiro atoms. The van der Waals surface area contributed by atoms with Crippen molar-refractivity contribution in [1.29, 1.82) is 0 Å². The van der Waals surface area contributed by atoms with Gasteiger partial charge in [0.15, 0.2) is 5.69 Å². The predicted octanol–water partition coefficient (Wildman–Crippen LogP) is 3.67. The number of hydrogen-bond donors (Lipinski definition) is 1. The quantitative estimate of drug-likeness (QED) is 0.358. The van der Waals surface area contributed by atoms with Crippen LogP contribution in [0.1, 0.15) is 27.2 Å². The molecule has 0 unspecified atom stereocenters. The Morgan fingerprint density at radius 1 is 1.25 bits per heavy atom. The molecular weight excluding hydrogens is 426 g/mol. The van der Waals surface area contributed by atoms with Crippen LogP contribution in [0.3, 0.4) is 0 Å². The Bertz CT molecular complexity index is 1030. The molecule has 0 aliphatic rings. The molecule has 1 amide bonds. The normalized spacial score (nSPS) is 10.9. The number of amides is 1. The fraction of sp³-hybridized carbons (Fsp3) is 0.105.